The summed E-state index contributed by atoms with van der Waals surface area (Å²) in [4.78, 5) is 11.4. The van der Waals surface area contributed by atoms with Gasteiger partial charge < -0.3 is 10.1 Å². The van der Waals surface area contributed by atoms with Crippen LogP contribution in [0.5, 0.6) is 0 Å². The number of aromatic nitrogens is 2. The maximum absolute atomic E-state index is 6.01. The molecule has 1 aromatic heterocycles. The van der Waals surface area contributed by atoms with Gasteiger partial charge in [-0.3, -0.25) is 9.88 Å². The third kappa shape index (κ3) is 4.76. The fourth-order valence-corrected chi connectivity index (χ4v) is 2.99. The first-order chi connectivity index (χ1) is 11.7. The molecule has 2 heterocycles. The Morgan fingerprint density at radius 3 is 2.92 bits per heavy atom. The van der Waals surface area contributed by atoms with Gasteiger partial charge in [0.1, 0.15) is 5.82 Å². The van der Waals surface area contributed by atoms with Crippen LogP contribution in [0, 0.1) is 13.8 Å². The van der Waals surface area contributed by atoms with Gasteiger partial charge in [0.05, 0.1) is 17.5 Å². The first kappa shape index (κ1) is 16.9. The number of nitrogens with one attached hydrogen (secondary N) is 1. The third-order valence-electron chi connectivity index (χ3n) is 4.26. The molecular weight excluding hydrogens is 300 g/mol. The van der Waals surface area contributed by atoms with E-state index in [4.69, 9.17) is 4.74 Å². The monoisotopic (exact) mass is 326 g/mol. The average molecular weight is 326 g/mol. The Hall–Kier alpha value is -1.98. The van der Waals surface area contributed by atoms with Crippen LogP contribution >= 0.6 is 0 Å². The zero-order valence-electron chi connectivity index (χ0n) is 14.5. The van der Waals surface area contributed by atoms with E-state index in [1.165, 1.54) is 5.56 Å². The van der Waals surface area contributed by atoms with E-state index in [-0.39, 0.29) is 6.10 Å². The van der Waals surface area contributed by atoms with E-state index < -0.39 is 0 Å². The van der Waals surface area contributed by atoms with Crippen LogP contribution in [0.3, 0.4) is 0 Å². The Morgan fingerprint density at radius 2 is 2.08 bits per heavy atom. The van der Waals surface area contributed by atoms with Crippen LogP contribution in [0.4, 0.5) is 5.82 Å². The van der Waals surface area contributed by atoms with Gasteiger partial charge >= 0.3 is 0 Å². The molecule has 0 bridgehead atoms. The lowest BCUT2D eigenvalue weighted by atomic mass is 10.2. The molecule has 128 valence electrons. The van der Waals surface area contributed by atoms with Crippen LogP contribution in [0.25, 0.3) is 0 Å². The number of rotatable bonds is 5. The highest BCUT2D eigenvalue weighted by atomic mass is 16.5. The molecule has 1 saturated heterocycles. The van der Waals surface area contributed by atoms with Crippen molar-refractivity contribution in [2.45, 2.75) is 32.9 Å². The summed E-state index contributed by atoms with van der Waals surface area (Å²) in [6.45, 7) is 8.49. The van der Waals surface area contributed by atoms with Gasteiger partial charge in [-0.1, -0.05) is 30.3 Å². The lowest BCUT2D eigenvalue weighted by molar-refractivity contribution is 0.0624. The molecule has 0 saturated carbocycles. The molecule has 0 radical (unpaired) electrons. The van der Waals surface area contributed by atoms with Crippen molar-refractivity contribution in [1.82, 2.24) is 14.9 Å². The normalized spacial score (nSPS) is 19.0. The van der Waals surface area contributed by atoms with Gasteiger partial charge in [-0.05, 0) is 25.8 Å². The zero-order valence-corrected chi connectivity index (χ0v) is 14.5. The summed E-state index contributed by atoms with van der Waals surface area (Å²) in [5.74, 6) is 0.859. The molecule has 1 fully saturated rings. The summed E-state index contributed by atoms with van der Waals surface area (Å²) in [7, 11) is 0. The fourth-order valence-electron chi connectivity index (χ4n) is 2.99. The Balaban J connectivity index is 1.57. The standard InChI is InChI=1S/C19H26N4O/c1-15-11-20-16(2)19(22-15)21-12-18-14-23(9-6-10-24-18)13-17-7-4-3-5-8-17/h3-5,7-8,11,18H,6,9-10,12-14H2,1-2H3,(H,21,22). The Bertz CT molecular complexity index is 647. The second-order valence-corrected chi connectivity index (χ2v) is 6.39. The van der Waals surface area contributed by atoms with Crippen LogP contribution in [-0.2, 0) is 11.3 Å². The highest BCUT2D eigenvalue weighted by Gasteiger charge is 2.19. The number of nitrogens with zero attached hydrogens (tertiary/aromatic N) is 3. The number of anilines is 1. The minimum absolute atomic E-state index is 0.165. The quantitative estimate of drug-likeness (QED) is 0.915. The average Bonchev–Trinajstić information content (AvgIpc) is 2.82. The number of hydrogen-bond donors (Lipinski definition) is 1. The first-order valence-electron chi connectivity index (χ1n) is 8.63. The molecule has 1 atom stereocenters. The molecule has 5 heteroatoms. The van der Waals surface area contributed by atoms with Crippen molar-refractivity contribution in [3.05, 3.63) is 53.5 Å². The fraction of sp³-hybridized carbons (Fsp3) is 0.474. The molecule has 0 spiro atoms. The van der Waals surface area contributed by atoms with Crippen molar-refractivity contribution in [3.8, 4) is 0 Å². The molecule has 0 aliphatic carbocycles. The van der Waals surface area contributed by atoms with Crippen LogP contribution in [0.2, 0.25) is 0 Å². The Morgan fingerprint density at radius 1 is 1.25 bits per heavy atom. The summed E-state index contributed by atoms with van der Waals surface area (Å²) in [5, 5.41) is 3.41. The molecule has 1 unspecified atom stereocenters. The van der Waals surface area contributed by atoms with Crippen molar-refractivity contribution >= 4 is 5.82 Å². The minimum Gasteiger partial charge on any atom is -0.375 e. The molecule has 1 aromatic carbocycles. The van der Waals surface area contributed by atoms with E-state index in [1.54, 1.807) is 6.20 Å². The van der Waals surface area contributed by atoms with Gasteiger partial charge in [0.2, 0.25) is 0 Å². The van der Waals surface area contributed by atoms with E-state index in [1.807, 2.05) is 13.8 Å². The van der Waals surface area contributed by atoms with Crippen molar-refractivity contribution < 1.29 is 4.74 Å². The maximum atomic E-state index is 6.01. The number of hydrogen-bond acceptors (Lipinski definition) is 5. The van der Waals surface area contributed by atoms with Crippen LogP contribution in [0.1, 0.15) is 23.4 Å². The number of aryl methyl sites for hydroxylation is 2. The predicted octanol–water partition coefficient (Wildman–Crippen LogP) is 2.80. The third-order valence-corrected chi connectivity index (χ3v) is 4.26. The number of benzene rings is 1. The summed E-state index contributed by atoms with van der Waals surface area (Å²) < 4.78 is 6.01. The maximum Gasteiger partial charge on any atom is 0.147 e. The van der Waals surface area contributed by atoms with Crippen molar-refractivity contribution in [3.63, 3.8) is 0 Å². The molecule has 3 rings (SSSR count). The van der Waals surface area contributed by atoms with E-state index in [0.29, 0.717) is 0 Å². The molecule has 1 aliphatic heterocycles. The first-order valence-corrected chi connectivity index (χ1v) is 8.63. The predicted molar refractivity (Wildman–Crippen MR) is 96.1 cm³/mol. The van der Waals surface area contributed by atoms with Gasteiger partial charge in [0.25, 0.3) is 0 Å². The molecule has 1 N–H and O–H groups in total. The minimum atomic E-state index is 0.165. The summed E-state index contributed by atoms with van der Waals surface area (Å²) in [6, 6.07) is 10.6. The smallest absolute Gasteiger partial charge is 0.147 e. The highest BCUT2D eigenvalue weighted by molar-refractivity contribution is 5.39. The molecular formula is C19H26N4O. The summed E-state index contributed by atoms with van der Waals surface area (Å²) >= 11 is 0. The highest BCUT2D eigenvalue weighted by Crippen LogP contribution is 2.13. The second kappa shape index (κ2) is 8.22. The van der Waals surface area contributed by atoms with Crippen molar-refractivity contribution in [2.24, 2.45) is 0 Å². The van der Waals surface area contributed by atoms with Gasteiger partial charge in [-0.2, -0.15) is 0 Å². The van der Waals surface area contributed by atoms with E-state index in [2.05, 4.69) is 50.5 Å². The second-order valence-electron chi connectivity index (χ2n) is 6.39. The summed E-state index contributed by atoms with van der Waals surface area (Å²) in [5.41, 5.74) is 3.21. The largest absolute Gasteiger partial charge is 0.375 e. The van der Waals surface area contributed by atoms with Gasteiger partial charge in [0, 0.05) is 39.0 Å². The van der Waals surface area contributed by atoms with Crippen molar-refractivity contribution in [2.75, 3.05) is 31.6 Å². The lowest BCUT2D eigenvalue weighted by Gasteiger charge is -2.24. The molecule has 2 aromatic rings. The zero-order chi connectivity index (χ0) is 16.8. The lowest BCUT2D eigenvalue weighted by Crippen LogP contribution is -2.35. The Labute approximate surface area is 144 Å². The van der Waals surface area contributed by atoms with Crippen molar-refractivity contribution in [1.29, 1.82) is 0 Å². The SMILES string of the molecule is Cc1cnc(C)c(NCC2CN(Cc3ccccc3)CCCO2)n1. The molecule has 1 aliphatic rings. The van der Waals surface area contributed by atoms with E-state index in [9.17, 15) is 0 Å². The van der Waals surface area contributed by atoms with Crippen LogP contribution in [0.15, 0.2) is 36.5 Å². The van der Waals surface area contributed by atoms with E-state index in [0.717, 1.165) is 56.4 Å². The summed E-state index contributed by atoms with van der Waals surface area (Å²) in [6.07, 6.45) is 3.04. The molecule has 0 amide bonds. The van der Waals surface area contributed by atoms with Crippen LogP contribution in [-0.4, -0.2) is 47.2 Å². The number of ether oxygens (including phenoxy) is 1. The molecule has 24 heavy (non-hydrogen) atoms. The topological polar surface area (TPSA) is 50.3 Å². The molecule has 5 nitrogen and oxygen atoms in total. The van der Waals surface area contributed by atoms with Gasteiger partial charge in [0.15, 0.2) is 0 Å². The van der Waals surface area contributed by atoms with Crippen LogP contribution < -0.4 is 5.32 Å². The Kier molecular flexibility index (Phi) is 5.77. The van der Waals surface area contributed by atoms with Gasteiger partial charge in [-0.15, -0.1) is 0 Å². The van der Waals surface area contributed by atoms with E-state index >= 15 is 0 Å². The van der Waals surface area contributed by atoms with Gasteiger partial charge in [-0.25, -0.2) is 4.98 Å².